The average Bonchev–Trinajstić information content (AvgIpc) is 2.59. The van der Waals surface area contributed by atoms with Crippen molar-refractivity contribution in [2.24, 2.45) is 0 Å². The van der Waals surface area contributed by atoms with Crippen LogP contribution in [0.5, 0.6) is 0 Å². The molecule has 1 aliphatic heterocycles. The van der Waals surface area contributed by atoms with Gasteiger partial charge in [-0.3, -0.25) is 0 Å². The molecule has 3 heterocycles. The van der Waals surface area contributed by atoms with Crippen LogP contribution in [-0.4, -0.2) is 33.0 Å². The Balaban J connectivity index is 2.13. The van der Waals surface area contributed by atoms with Gasteiger partial charge in [-0.2, -0.15) is 5.10 Å². The van der Waals surface area contributed by atoms with Crippen LogP contribution in [0.2, 0.25) is 0 Å². The van der Waals surface area contributed by atoms with Gasteiger partial charge in [0.15, 0.2) is 5.65 Å². The lowest BCUT2D eigenvalue weighted by atomic mass is 10.2. The topological polar surface area (TPSA) is 52.8 Å². The largest absolute Gasteiger partial charge is 0.377 e. The van der Waals surface area contributed by atoms with Crippen molar-refractivity contribution in [3.8, 4) is 0 Å². The van der Waals surface area contributed by atoms with E-state index in [0.717, 1.165) is 36.5 Å². The molecule has 0 saturated carbocycles. The number of hydrogen-bond donors (Lipinski definition) is 0. The predicted molar refractivity (Wildman–Crippen MR) is 54.6 cm³/mol. The van der Waals surface area contributed by atoms with Crippen LogP contribution in [0.1, 0.15) is 18.8 Å². The molecule has 0 radical (unpaired) electrons. The zero-order valence-corrected chi connectivity index (χ0v) is 8.55. The number of ether oxygens (including phenoxy) is 1. The highest BCUT2D eigenvalue weighted by Gasteiger charge is 2.23. The Hall–Kier alpha value is -1.49. The van der Waals surface area contributed by atoms with Crippen LogP contribution >= 0.6 is 0 Å². The van der Waals surface area contributed by atoms with Gasteiger partial charge in [0, 0.05) is 12.6 Å². The fraction of sp³-hybridized carbons (Fsp3) is 0.500. The fourth-order valence-corrected chi connectivity index (χ4v) is 1.67. The summed E-state index contributed by atoms with van der Waals surface area (Å²) >= 11 is 0. The number of aryl methyl sites for hydroxylation is 1. The van der Waals surface area contributed by atoms with Gasteiger partial charge in [-0.15, -0.1) is 0 Å². The van der Waals surface area contributed by atoms with Crippen LogP contribution in [0.15, 0.2) is 12.4 Å². The first-order chi connectivity index (χ1) is 7.38. The molecule has 0 aliphatic carbocycles. The van der Waals surface area contributed by atoms with Crippen LogP contribution in [0.3, 0.4) is 0 Å². The predicted octanol–water partition coefficient (Wildman–Crippen LogP) is 0.960. The molecule has 0 unspecified atom stereocenters. The Labute approximate surface area is 87.1 Å². The second-order valence-corrected chi connectivity index (χ2v) is 3.70. The van der Waals surface area contributed by atoms with E-state index in [9.17, 15) is 0 Å². The molecule has 0 atom stereocenters. The molecule has 0 spiro atoms. The lowest BCUT2D eigenvalue weighted by Gasteiger charge is -2.26. The molecule has 5 heteroatoms. The Bertz CT molecular complexity index is 489. The SMILES string of the molecule is CCc1ncc2cnn(C3COC3)c2n1. The number of rotatable bonds is 2. The maximum absolute atomic E-state index is 5.16. The molecule has 1 saturated heterocycles. The third-order valence-corrected chi connectivity index (χ3v) is 2.67. The van der Waals surface area contributed by atoms with Crippen molar-refractivity contribution in [3.05, 3.63) is 18.2 Å². The second-order valence-electron chi connectivity index (χ2n) is 3.70. The molecular weight excluding hydrogens is 192 g/mol. The van der Waals surface area contributed by atoms with Crippen molar-refractivity contribution < 1.29 is 4.74 Å². The minimum absolute atomic E-state index is 0.349. The van der Waals surface area contributed by atoms with Crippen molar-refractivity contribution in [2.45, 2.75) is 19.4 Å². The minimum atomic E-state index is 0.349. The van der Waals surface area contributed by atoms with E-state index >= 15 is 0 Å². The standard InChI is InChI=1S/C10H12N4O/c1-2-9-11-3-7-4-12-14(10(7)13-9)8-5-15-6-8/h3-4,8H,2,5-6H2,1H3. The average molecular weight is 204 g/mol. The Morgan fingerprint density at radius 3 is 3.00 bits per heavy atom. The summed E-state index contributed by atoms with van der Waals surface area (Å²) in [6.45, 7) is 3.53. The van der Waals surface area contributed by atoms with Gasteiger partial charge in [-0.05, 0) is 0 Å². The molecule has 3 rings (SSSR count). The van der Waals surface area contributed by atoms with Crippen molar-refractivity contribution in [1.29, 1.82) is 0 Å². The highest BCUT2D eigenvalue weighted by molar-refractivity contribution is 5.73. The van der Waals surface area contributed by atoms with Gasteiger partial charge >= 0.3 is 0 Å². The van der Waals surface area contributed by atoms with Crippen molar-refractivity contribution >= 4 is 11.0 Å². The van der Waals surface area contributed by atoms with E-state index in [4.69, 9.17) is 4.74 Å². The lowest BCUT2D eigenvalue weighted by Crippen LogP contribution is -2.31. The van der Waals surface area contributed by atoms with Gasteiger partial charge < -0.3 is 4.74 Å². The van der Waals surface area contributed by atoms with Crippen molar-refractivity contribution in [3.63, 3.8) is 0 Å². The molecule has 5 nitrogen and oxygen atoms in total. The number of nitrogens with zero attached hydrogens (tertiary/aromatic N) is 4. The quantitative estimate of drug-likeness (QED) is 0.731. The van der Waals surface area contributed by atoms with Gasteiger partial charge in [0.05, 0.1) is 24.8 Å². The van der Waals surface area contributed by atoms with E-state index in [0.29, 0.717) is 6.04 Å². The highest BCUT2D eigenvalue weighted by atomic mass is 16.5. The summed E-state index contributed by atoms with van der Waals surface area (Å²) in [7, 11) is 0. The summed E-state index contributed by atoms with van der Waals surface area (Å²) in [5, 5.41) is 5.33. The lowest BCUT2D eigenvalue weighted by molar-refractivity contribution is -0.0269. The maximum Gasteiger partial charge on any atom is 0.161 e. The van der Waals surface area contributed by atoms with E-state index in [1.54, 1.807) is 0 Å². The second kappa shape index (κ2) is 3.27. The number of hydrogen-bond acceptors (Lipinski definition) is 4. The summed E-state index contributed by atoms with van der Waals surface area (Å²) in [6.07, 6.45) is 4.50. The smallest absolute Gasteiger partial charge is 0.161 e. The summed E-state index contributed by atoms with van der Waals surface area (Å²) in [5.41, 5.74) is 0.926. The van der Waals surface area contributed by atoms with Crippen LogP contribution in [0.4, 0.5) is 0 Å². The van der Waals surface area contributed by atoms with Crippen LogP contribution in [-0.2, 0) is 11.2 Å². The Kier molecular flexibility index (Phi) is 1.92. The first-order valence-corrected chi connectivity index (χ1v) is 5.15. The Morgan fingerprint density at radius 1 is 1.47 bits per heavy atom. The minimum Gasteiger partial charge on any atom is -0.377 e. The molecule has 78 valence electrons. The van der Waals surface area contributed by atoms with E-state index in [2.05, 4.69) is 15.1 Å². The van der Waals surface area contributed by atoms with E-state index in [-0.39, 0.29) is 0 Å². The van der Waals surface area contributed by atoms with Crippen LogP contribution in [0.25, 0.3) is 11.0 Å². The summed E-state index contributed by atoms with van der Waals surface area (Å²) in [6, 6.07) is 0.349. The molecule has 2 aromatic rings. The first-order valence-electron chi connectivity index (χ1n) is 5.15. The zero-order chi connectivity index (χ0) is 10.3. The van der Waals surface area contributed by atoms with Crippen molar-refractivity contribution in [1.82, 2.24) is 19.7 Å². The zero-order valence-electron chi connectivity index (χ0n) is 8.55. The molecular formula is C10H12N4O. The Morgan fingerprint density at radius 2 is 2.33 bits per heavy atom. The van der Waals surface area contributed by atoms with Crippen LogP contribution < -0.4 is 0 Å². The molecule has 15 heavy (non-hydrogen) atoms. The van der Waals surface area contributed by atoms with E-state index < -0.39 is 0 Å². The summed E-state index contributed by atoms with van der Waals surface area (Å²) in [4.78, 5) is 8.74. The van der Waals surface area contributed by atoms with E-state index in [1.807, 2.05) is 24.0 Å². The summed E-state index contributed by atoms with van der Waals surface area (Å²) in [5.74, 6) is 0.865. The molecule has 1 fully saturated rings. The molecule has 2 aromatic heterocycles. The molecule has 0 amide bonds. The normalized spacial score (nSPS) is 16.9. The molecule has 0 aromatic carbocycles. The highest BCUT2D eigenvalue weighted by Crippen LogP contribution is 2.21. The van der Waals surface area contributed by atoms with Crippen molar-refractivity contribution in [2.75, 3.05) is 13.2 Å². The van der Waals surface area contributed by atoms with Gasteiger partial charge in [0.25, 0.3) is 0 Å². The van der Waals surface area contributed by atoms with Crippen LogP contribution in [0, 0.1) is 0 Å². The van der Waals surface area contributed by atoms with Gasteiger partial charge in [-0.1, -0.05) is 6.92 Å². The summed E-state index contributed by atoms with van der Waals surface area (Å²) < 4.78 is 7.10. The van der Waals surface area contributed by atoms with E-state index in [1.165, 1.54) is 0 Å². The fourth-order valence-electron chi connectivity index (χ4n) is 1.67. The van der Waals surface area contributed by atoms with Gasteiger partial charge in [-0.25, -0.2) is 14.6 Å². The van der Waals surface area contributed by atoms with Gasteiger partial charge in [0.2, 0.25) is 0 Å². The maximum atomic E-state index is 5.16. The molecule has 1 aliphatic rings. The van der Waals surface area contributed by atoms with Gasteiger partial charge in [0.1, 0.15) is 11.9 Å². The first kappa shape index (κ1) is 8.79. The monoisotopic (exact) mass is 204 g/mol. The third-order valence-electron chi connectivity index (χ3n) is 2.67. The third kappa shape index (κ3) is 1.31. The number of fused-ring (bicyclic) bond motifs is 1. The molecule has 0 bridgehead atoms. The number of aromatic nitrogens is 4. The molecule has 0 N–H and O–H groups in total.